The summed E-state index contributed by atoms with van der Waals surface area (Å²) in [4.78, 5) is 117. The van der Waals surface area contributed by atoms with Gasteiger partial charge in [-0.05, 0) is 73.9 Å². The number of hydrogen-bond donors (Lipinski definition) is 4. The Bertz CT molecular complexity index is 4880. The van der Waals surface area contributed by atoms with E-state index in [9.17, 15) is 43.0 Å². The highest BCUT2D eigenvalue weighted by Gasteiger charge is 2.66. The van der Waals surface area contributed by atoms with Crippen molar-refractivity contribution in [2.75, 3.05) is 58.2 Å². The third kappa shape index (κ3) is 17.7. The van der Waals surface area contributed by atoms with Crippen LogP contribution in [0.4, 0.5) is 11.6 Å². The fourth-order valence-corrected chi connectivity index (χ4v) is 16.5. The predicted octanol–water partition coefficient (Wildman–Crippen LogP) is 2.78. The van der Waals surface area contributed by atoms with Crippen LogP contribution in [0.5, 0.6) is 0 Å². The summed E-state index contributed by atoms with van der Waals surface area (Å²) in [5.74, 6) is -0.0489. The van der Waals surface area contributed by atoms with Crippen LogP contribution in [-0.4, -0.2) is 198 Å². The standard InChI is InChI=1S/C41H53N10O10P.C26H35N8O12P.CH4/c1-9-30-31(17-32(59-30)49-18-26(6)35(44-39(49)54)43-37(53)28-13-11-10-12-14-28)56-21-29-20-48(47-46-29)22-41-23-57-33(38(60-41)50-19-27(7)36(52)45-40(50)55)34(41)61-62(58-16-15-42-8)51(24(2)3)25(4)5;1-13-6-33(24(36)28-21(13)27)18-5-16(17(44-18)10-40-3)42-9-15-8-32(31-30-15)11-26-12-43-19(20(26)46-47(38,39)41-4)23(45-26)34-7-14(2)22(35)29-25(34)37;/h10-14,18-20,24-25,30-34,38H,9,15-17,21-23H2,1-7H3,(H,45,52,55)(H,43,44,53,54);6-8,16-20,23H,5,9-12H2,1-4H3,(H,38,39)(H2,27,28,36)(H,29,35,37);1H4/p-1/t30-,31?,32-,33+,34?,38-,41+,62?;16?,17-,18-,19+,20?,23-,26+;/m11./s1. The van der Waals surface area contributed by atoms with Crippen molar-refractivity contribution in [3.05, 3.63) is 181 Å². The highest BCUT2D eigenvalue weighted by atomic mass is 31.2. The predicted molar refractivity (Wildman–Crippen MR) is 387 cm³/mol. The molecule has 5 N–H and O–H groups in total. The van der Waals surface area contributed by atoms with Crippen LogP contribution in [0.3, 0.4) is 0 Å². The van der Waals surface area contributed by atoms with Gasteiger partial charge in [-0.2, -0.15) is 9.97 Å². The maximum Gasteiger partial charge on any atom is 0.351 e. The van der Waals surface area contributed by atoms with Gasteiger partial charge in [0, 0.05) is 91.7 Å². The van der Waals surface area contributed by atoms with E-state index in [1.54, 1.807) is 74.5 Å². The van der Waals surface area contributed by atoms with Gasteiger partial charge in [-0.3, -0.25) is 47.2 Å². The van der Waals surface area contributed by atoms with Crippen molar-refractivity contribution in [1.29, 1.82) is 0 Å². The minimum atomic E-state index is -4.79. The monoisotopic (exact) mass is 1570 g/mol. The van der Waals surface area contributed by atoms with Gasteiger partial charge in [-0.1, -0.05) is 43.0 Å². The van der Waals surface area contributed by atoms with E-state index in [-0.39, 0.29) is 114 Å². The van der Waals surface area contributed by atoms with E-state index in [1.165, 1.54) is 44.8 Å². The summed E-state index contributed by atoms with van der Waals surface area (Å²) in [6.07, 6.45) is 1.70. The van der Waals surface area contributed by atoms with Crippen LogP contribution in [0.2, 0.25) is 0 Å². The van der Waals surface area contributed by atoms with Gasteiger partial charge in [0.2, 0.25) is 6.54 Å². The first kappa shape index (κ1) is 82.4. The molecule has 6 aliphatic heterocycles. The fourth-order valence-electron chi connectivity index (χ4n) is 14.0. The van der Waals surface area contributed by atoms with Crippen LogP contribution >= 0.6 is 16.3 Å². The number of H-pyrrole nitrogens is 2. The molecule has 42 heteroatoms. The molecule has 16 atom stereocenters. The number of benzene rings is 1. The van der Waals surface area contributed by atoms with Gasteiger partial charge < -0.3 is 81.5 Å². The SMILES string of the molecule is C.COC[C@H]1O[C@@H](n2cc(C)c(N)nc2=O)CC1OCc1cn(C[C@]23CO[C@@H](C2OP(=O)([O-])OC)[C@H](n2cc(C)c(=O)[nH]c2=O)O3)nn1.[C-]#[N+]CCOP(OC1[C@@H]2OC[C@]1(Cn1cc(COC3C[C@H](n4cc(C)c(NC(=O)c5ccccc5)nc4=O)O[C@@H]3CC)nn1)O[C@H]2n1cc(C)c(=O)[nH]c1=O)N(C(C)C)C(C)C. The van der Waals surface area contributed by atoms with Crippen molar-refractivity contribution in [1.82, 2.24) is 72.9 Å². The molecular formula is C68H91N18O22P2-. The number of phosphoric acid groups is 1. The van der Waals surface area contributed by atoms with Crippen LogP contribution in [0, 0.1) is 34.3 Å². The lowest BCUT2D eigenvalue weighted by atomic mass is 9.99. The van der Waals surface area contributed by atoms with Crippen molar-refractivity contribution >= 4 is 33.9 Å². The summed E-state index contributed by atoms with van der Waals surface area (Å²) in [6, 6.07) is 8.74. The van der Waals surface area contributed by atoms with Crippen molar-refractivity contribution in [3.63, 3.8) is 0 Å². The van der Waals surface area contributed by atoms with Crippen molar-refractivity contribution in [2.24, 2.45) is 0 Å². The van der Waals surface area contributed by atoms with Gasteiger partial charge in [0.05, 0.1) is 76.8 Å². The van der Waals surface area contributed by atoms with Crippen molar-refractivity contribution in [2.45, 2.75) is 212 Å². The third-order valence-electron chi connectivity index (χ3n) is 19.3. The largest absolute Gasteiger partial charge is 0.756 e. The zero-order valence-corrected chi connectivity index (χ0v) is 63.4. The number of ether oxygens (including phenoxy) is 9. The maximum absolute atomic E-state index is 13.2. The molecule has 40 nitrogen and oxygen atoms in total. The average Bonchev–Trinajstić information content (AvgIpc) is 1.57. The molecule has 6 aliphatic rings. The number of carbonyl (C=O) groups is 1. The highest BCUT2D eigenvalue weighted by molar-refractivity contribution is 7.45. The maximum atomic E-state index is 13.2. The Morgan fingerprint density at radius 2 is 1.25 bits per heavy atom. The van der Waals surface area contributed by atoms with E-state index in [0.717, 1.165) is 11.7 Å². The first-order valence-corrected chi connectivity index (χ1v) is 37.8. The number of hydrogen-bond acceptors (Lipinski definition) is 30. The Kier molecular flexibility index (Phi) is 25.9. The van der Waals surface area contributed by atoms with Gasteiger partial charge in [-0.25, -0.2) is 39.8 Å². The molecule has 1 aromatic carbocycles. The number of carbonyl (C=O) groups excluding carboxylic acids is 1. The smallest absolute Gasteiger partial charge is 0.351 e. The minimum Gasteiger partial charge on any atom is -0.756 e. The van der Waals surface area contributed by atoms with E-state index in [0.29, 0.717) is 52.9 Å². The second kappa shape index (κ2) is 34.6. The topological polar surface area (TPSA) is 464 Å². The number of rotatable bonds is 30. The molecular weight excluding hydrogens is 1480 g/mol. The second-order valence-corrected chi connectivity index (χ2v) is 30.6. The van der Waals surface area contributed by atoms with Crippen LogP contribution in [0.1, 0.15) is 130 Å². The van der Waals surface area contributed by atoms with Crippen LogP contribution in [-0.2, 0) is 91.6 Å². The van der Waals surface area contributed by atoms with Crippen LogP contribution in [0.25, 0.3) is 4.85 Å². The number of anilines is 2. The zero-order valence-electron chi connectivity index (χ0n) is 61.6. The molecule has 596 valence electrons. The Labute approximate surface area is 630 Å². The average molecular weight is 1570 g/mol. The van der Waals surface area contributed by atoms with Crippen molar-refractivity contribution in [3.8, 4) is 0 Å². The number of aromatic amines is 2. The molecule has 7 aromatic rings. The van der Waals surface area contributed by atoms with E-state index in [1.807, 2.05) is 40.7 Å². The molecule has 1 amide bonds. The third-order valence-corrected chi connectivity index (χ3v) is 22.4. The zero-order chi connectivity index (χ0) is 78.0. The van der Waals surface area contributed by atoms with Gasteiger partial charge in [0.25, 0.3) is 33.4 Å². The van der Waals surface area contributed by atoms with E-state index in [2.05, 4.69) is 59.9 Å². The van der Waals surface area contributed by atoms with E-state index >= 15 is 0 Å². The Morgan fingerprint density at radius 3 is 1.78 bits per heavy atom. The molecule has 6 saturated heterocycles. The molecule has 4 bridgehead atoms. The number of nitrogens with two attached hydrogens (primary N) is 1. The quantitative estimate of drug-likeness (QED) is 0.0286. The van der Waals surface area contributed by atoms with E-state index in [4.69, 9.17) is 68.5 Å². The molecule has 0 saturated carbocycles. The first-order chi connectivity index (χ1) is 52.0. The minimum absolute atomic E-state index is 0. The summed E-state index contributed by atoms with van der Waals surface area (Å²) in [5.41, 5.74) is 2.70. The molecule has 6 aromatic heterocycles. The number of nitrogens with one attached hydrogen (secondary N) is 3. The number of nitrogen functional groups attached to an aromatic ring is 1. The molecule has 0 radical (unpaired) electrons. The summed E-state index contributed by atoms with van der Waals surface area (Å²) in [6.45, 7) is 24.7. The van der Waals surface area contributed by atoms with Crippen molar-refractivity contribution < 1.29 is 75.0 Å². The number of fused-ring (bicyclic) bond motifs is 4. The van der Waals surface area contributed by atoms with Gasteiger partial charge >= 0.3 is 22.8 Å². The van der Waals surface area contributed by atoms with Gasteiger partial charge in [0.1, 0.15) is 83.8 Å². The Hall–Kier alpha value is -8.56. The highest BCUT2D eigenvalue weighted by Crippen LogP contribution is 2.56. The molecule has 0 spiro atoms. The molecule has 110 heavy (non-hydrogen) atoms. The summed E-state index contributed by atoms with van der Waals surface area (Å²) in [5, 5.41) is 19.9. The number of nitrogens with zero attached hydrogens (tertiary/aromatic N) is 14. The molecule has 6 fully saturated rings. The molecule has 6 unspecified atom stereocenters. The second-order valence-electron chi connectivity index (χ2n) is 27.7. The fraction of sp³-hybridized carbons (Fsp3) is 0.588. The van der Waals surface area contributed by atoms with E-state index < -0.39 is 123 Å². The van der Waals surface area contributed by atoms with Crippen LogP contribution in [0.15, 0.2) is 96.3 Å². The Balaban J connectivity index is 0.000000224. The number of aryl methyl sites for hydroxylation is 4. The lowest BCUT2D eigenvalue weighted by Crippen LogP contribution is -2.46. The summed E-state index contributed by atoms with van der Waals surface area (Å²) >= 11 is 0. The van der Waals surface area contributed by atoms with Gasteiger partial charge in [0.15, 0.2) is 12.5 Å². The summed E-state index contributed by atoms with van der Waals surface area (Å²) < 4.78 is 101. The molecule has 12 heterocycles. The van der Waals surface area contributed by atoms with Gasteiger partial charge in [-0.15, -0.1) is 10.2 Å². The number of phosphoric ester groups is 1. The lowest BCUT2D eigenvalue weighted by Gasteiger charge is -2.38. The number of aromatic nitrogens is 14. The molecule has 13 rings (SSSR count). The number of amides is 1. The lowest BCUT2D eigenvalue weighted by molar-refractivity contribution is -0.231. The Morgan fingerprint density at radius 1 is 0.745 bits per heavy atom. The normalized spacial score (nSPS) is 26.8. The summed E-state index contributed by atoms with van der Waals surface area (Å²) in [7, 11) is -4.05. The first-order valence-electron chi connectivity index (χ1n) is 35.2. The number of methoxy groups -OCH3 is 1. The van der Waals surface area contributed by atoms with Crippen LogP contribution < -0.4 is 49.8 Å². The molecule has 0 aliphatic carbocycles.